The van der Waals surface area contributed by atoms with Crippen LogP contribution in [-0.2, 0) is 6.54 Å². The fourth-order valence-electron chi connectivity index (χ4n) is 3.86. The number of carbonyl (C=O) groups excluding carboxylic acids is 1. The molecule has 0 bridgehead atoms. The molecule has 0 aliphatic heterocycles. The van der Waals surface area contributed by atoms with Gasteiger partial charge in [-0.1, -0.05) is 59.9 Å². The van der Waals surface area contributed by atoms with Crippen molar-refractivity contribution in [1.82, 2.24) is 9.97 Å². The van der Waals surface area contributed by atoms with Crippen molar-refractivity contribution in [3.63, 3.8) is 0 Å². The molecule has 7 heteroatoms. The number of ether oxygens (including phenoxy) is 2. The zero-order valence-electron chi connectivity index (χ0n) is 19.3. The van der Waals surface area contributed by atoms with Crippen LogP contribution in [0.5, 0.6) is 11.5 Å². The molecule has 1 amide bonds. The van der Waals surface area contributed by atoms with Crippen molar-refractivity contribution in [3.05, 3.63) is 102 Å². The Labute approximate surface area is 207 Å². The van der Waals surface area contributed by atoms with E-state index in [1.807, 2.05) is 84.9 Å². The molecule has 0 aliphatic carbocycles. The number of thiazole rings is 1. The van der Waals surface area contributed by atoms with Crippen molar-refractivity contribution < 1.29 is 14.3 Å². The number of hydrogen-bond donors (Lipinski definition) is 0. The van der Waals surface area contributed by atoms with Gasteiger partial charge in [-0.3, -0.25) is 14.7 Å². The van der Waals surface area contributed by atoms with Gasteiger partial charge in [0.15, 0.2) is 5.13 Å². The van der Waals surface area contributed by atoms with E-state index < -0.39 is 0 Å². The zero-order chi connectivity index (χ0) is 24.2. The van der Waals surface area contributed by atoms with Crippen LogP contribution in [0.4, 0.5) is 5.13 Å². The highest BCUT2D eigenvalue weighted by molar-refractivity contribution is 7.22. The zero-order valence-corrected chi connectivity index (χ0v) is 20.2. The van der Waals surface area contributed by atoms with E-state index in [-0.39, 0.29) is 12.5 Å². The average molecular weight is 482 g/mol. The highest BCUT2D eigenvalue weighted by atomic mass is 32.1. The van der Waals surface area contributed by atoms with Crippen LogP contribution in [0.25, 0.3) is 21.3 Å². The molecule has 6 nitrogen and oxygen atoms in total. The first-order chi connectivity index (χ1) is 17.2. The van der Waals surface area contributed by atoms with Crippen LogP contribution in [0.15, 0.2) is 91.1 Å². The largest absolute Gasteiger partial charge is 0.495 e. The molecule has 5 rings (SSSR count). The normalized spacial score (nSPS) is 10.8. The Morgan fingerprint density at radius 3 is 2.20 bits per heavy atom. The summed E-state index contributed by atoms with van der Waals surface area (Å²) >= 11 is 1.39. The van der Waals surface area contributed by atoms with Gasteiger partial charge in [-0.2, -0.15) is 0 Å². The lowest BCUT2D eigenvalue weighted by Gasteiger charge is -2.20. The highest BCUT2D eigenvalue weighted by Crippen LogP contribution is 2.40. The van der Waals surface area contributed by atoms with E-state index >= 15 is 0 Å². The molecule has 0 fully saturated rings. The number of nitrogens with zero attached hydrogens (tertiary/aromatic N) is 3. The quantitative estimate of drug-likeness (QED) is 0.276. The molecule has 0 radical (unpaired) electrons. The van der Waals surface area contributed by atoms with Gasteiger partial charge in [0.05, 0.1) is 26.5 Å². The maximum Gasteiger partial charge on any atom is 0.260 e. The molecule has 0 aliphatic rings. The maximum atomic E-state index is 13.8. The lowest BCUT2D eigenvalue weighted by atomic mass is 10.0. The lowest BCUT2D eigenvalue weighted by molar-refractivity contribution is 0.0985. The summed E-state index contributed by atoms with van der Waals surface area (Å²) in [7, 11) is 3.22. The summed E-state index contributed by atoms with van der Waals surface area (Å²) in [5.74, 6) is 1.15. The summed E-state index contributed by atoms with van der Waals surface area (Å²) in [5.41, 5.74) is 4.14. The first-order valence-corrected chi connectivity index (χ1v) is 11.9. The highest BCUT2D eigenvalue weighted by Gasteiger charge is 2.24. The topological polar surface area (TPSA) is 64.6 Å². The van der Waals surface area contributed by atoms with E-state index in [1.54, 1.807) is 25.3 Å². The first-order valence-electron chi connectivity index (χ1n) is 11.1. The minimum absolute atomic E-state index is 0.160. The molecule has 0 unspecified atom stereocenters. The van der Waals surface area contributed by atoms with E-state index in [1.165, 1.54) is 11.3 Å². The van der Waals surface area contributed by atoms with Gasteiger partial charge in [0.1, 0.15) is 21.7 Å². The number of anilines is 1. The number of aromatic nitrogens is 2. The van der Waals surface area contributed by atoms with Crippen LogP contribution in [0, 0.1) is 0 Å². The van der Waals surface area contributed by atoms with Crippen molar-refractivity contribution in [2.45, 2.75) is 6.54 Å². The molecule has 0 saturated carbocycles. The monoisotopic (exact) mass is 481 g/mol. The number of fused-ring (bicyclic) bond motifs is 1. The smallest absolute Gasteiger partial charge is 0.260 e. The van der Waals surface area contributed by atoms with Crippen molar-refractivity contribution >= 4 is 32.6 Å². The molecule has 0 N–H and O–H groups in total. The summed E-state index contributed by atoms with van der Waals surface area (Å²) < 4.78 is 11.9. The van der Waals surface area contributed by atoms with Gasteiger partial charge in [0.25, 0.3) is 5.91 Å². The van der Waals surface area contributed by atoms with Crippen LogP contribution >= 0.6 is 11.3 Å². The second kappa shape index (κ2) is 9.95. The van der Waals surface area contributed by atoms with Gasteiger partial charge in [0, 0.05) is 11.8 Å². The van der Waals surface area contributed by atoms with Crippen LogP contribution in [0.1, 0.15) is 16.1 Å². The number of pyridine rings is 1. The molecule has 2 aromatic heterocycles. The standard InChI is InChI=1S/C28H23N3O3S/c1-33-23-15-16-24(34-2)26-25(23)30-28(35-26)31(18-22-10-6-7-17-29-22)27(32)21-13-11-20(12-14-21)19-8-4-3-5-9-19/h3-17H,18H2,1-2H3. The molecule has 2 heterocycles. The first kappa shape index (κ1) is 22.6. The average Bonchev–Trinajstić information content (AvgIpc) is 3.37. The third kappa shape index (κ3) is 4.58. The van der Waals surface area contributed by atoms with Crippen LogP contribution in [0.2, 0.25) is 0 Å². The molecular formula is C28H23N3O3S. The number of methoxy groups -OCH3 is 2. The van der Waals surface area contributed by atoms with Gasteiger partial charge in [-0.05, 0) is 47.5 Å². The van der Waals surface area contributed by atoms with Crippen LogP contribution in [0.3, 0.4) is 0 Å². The Morgan fingerprint density at radius 2 is 1.51 bits per heavy atom. The van der Waals surface area contributed by atoms with Crippen LogP contribution in [-0.4, -0.2) is 30.1 Å². The maximum absolute atomic E-state index is 13.8. The fourth-order valence-corrected chi connectivity index (χ4v) is 4.93. The third-order valence-electron chi connectivity index (χ3n) is 5.66. The van der Waals surface area contributed by atoms with Gasteiger partial charge >= 0.3 is 0 Å². The minimum Gasteiger partial charge on any atom is -0.495 e. The number of amides is 1. The second-order valence-corrected chi connectivity index (χ2v) is 8.78. The Morgan fingerprint density at radius 1 is 0.829 bits per heavy atom. The van der Waals surface area contributed by atoms with Gasteiger partial charge in [-0.25, -0.2) is 4.98 Å². The molecule has 3 aromatic carbocycles. The van der Waals surface area contributed by atoms with Crippen molar-refractivity contribution in [2.24, 2.45) is 0 Å². The van der Waals surface area contributed by atoms with Crippen LogP contribution < -0.4 is 14.4 Å². The van der Waals surface area contributed by atoms with Gasteiger partial charge in [-0.15, -0.1) is 0 Å². The van der Waals surface area contributed by atoms with Crippen molar-refractivity contribution in [1.29, 1.82) is 0 Å². The van der Waals surface area contributed by atoms with Gasteiger partial charge in [0.2, 0.25) is 0 Å². The summed E-state index contributed by atoms with van der Waals surface area (Å²) in [4.78, 5) is 24.7. The summed E-state index contributed by atoms with van der Waals surface area (Å²) in [6.07, 6.45) is 1.72. The van der Waals surface area contributed by atoms with E-state index in [2.05, 4.69) is 4.98 Å². The summed E-state index contributed by atoms with van der Waals surface area (Å²) in [6.45, 7) is 0.282. The predicted octanol–water partition coefficient (Wildman–Crippen LogP) is 6.22. The van der Waals surface area contributed by atoms with Crippen molar-refractivity contribution in [2.75, 3.05) is 19.1 Å². The van der Waals surface area contributed by atoms with E-state index in [0.717, 1.165) is 21.5 Å². The SMILES string of the molecule is COc1ccc(OC)c2sc(N(Cc3ccccn3)C(=O)c3ccc(-c4ccccc4)cc3)nc12. The Hall–Kier alpha value is -4.23. The molecule has 174 valence electrons. The molecule has 35 heavy (non-hydrogen) atoms. The van der Waals surface area contributed by atoms with E-state index in [9.17, 15) is 4.79 Å². The molecule has 5 aromatic rings. The summed E-state index contributed by atoms with van der Waals surface area (Å²) in [6, 6.07) is 27.0. The Balaban J connectivity index is 1.55. The fraction of sp³-hybridized carbons (Fsp3) is 0.107. The minimum atomic E-state index is -0.160. The molecule has 0 spiro atoms. The Bertz CT molecular complexity index is 1410. The van der Waals surface area contributed by atoms with Crippen molar-refractivity contribution in [3.8, 4) is 22.6 Å². The molecule has 0 atom stereocenters. The second-order valence-electron chi connectivity index (χ2n) is 7.80. The number of hydrogen-bond acceptors (Lipinski definition) is 6. The van der Waals surface area contributed by atoms with Gasteiger partial charge < -0.3 is 9.47 Å². The lowest BCUT2D eigenvalue weighted by Crippen LogP contribution is -2.30. The number of rotatable bonds is 7. The number of benzene rings is 3. The molecular weight excluding hydrogens is 458 g/mol. The predicted molar refractivity (Wildman–Crippen MR) is 139 cm³/mol. The summed E-state index contributed by atoms with van der Waals surface area (Å²) in [5, 5.41) is 0.547. The van der Waals surface area contributed by atoms with E-state index in [0.29, 0.717) is 27.7 Å². The third-order valence-corrected chi connectivity index (χ3v) is 6.75. The number of carbonyl (C=O) groups is 1. The molecule has 0 saturated heterocycles. The Kier molecular flexibility index (Phi) is 6.41. The van der Waals surface area contributed by atoms with E-state index in [4.69, 9.17) is 14.5 Å².